The molecule has 0 aliphatic carbocycles. The third-order valence-electron chi connectivity index (χ3n) is 3.51. The molecule has 0 saturated carbocycles. The summed E-state index contributed by atoms with van der Waals surface area (Å²) in [7, 11) is 1.58. The lowest BCUT2D eigenvalue weighted by Gasteiger charge is -2.13. The summed E-state index contributed by atoms with van der Waals surface area (Å²) < 4.78 is 5.11. The second-order valence-electron chi connectivity index (χ2n) is 4.93. The molecule has 2 aromatic rings. The van der Waals surface area contributed by atoms with Gasteiger partial charge in [0, 0.05) is 11.3 Å². The van der Waals surface area contributed by atoms with Gasteiger partial charge in [0.15, 0.2) is 0 Å². The minimum atomic E-state index is -0.461. The molecule has 0 aliphatic rings. The van der Waals surface area contributed by atoms with Gasteiger partial charge < -0.3 is 10.1 Å². The molecule has 0 spiro atoms. The number of hydrogen-bond acceptors (Lipinski definition) is 4. The lowest BCUT2D eigenvalue weighted by molar-refractivity contribution is -0.401. The molecule has 0 radical (unpaired) electrons. The molecule has 0 heterocycles. The Morgan fingerprint density at radius 3 is 2.45 bits per heavy atom. The van der Waals surface area contributed by atoms with Crippen LogP contribution in [-0.2, 0) is 0 Å². The summed E-state index contributed by atoms with van der Waals surface area (Å²) in [6.45, 7) is 3.99. The standard InChI is InChI=1S/C17H18N2O3/c1-12-5-4-6-16(13(12)2)18-17(11-19(20)21)14-7-9-15(22-3)10-8-14/h4-11,18H,1-3H3/b17-11+. The Hall–Kier alpha value is -2.82. The monoisotopic (exact) mass is 298 g/mol. The fourth-order valence-corrected chi connectivity index (χ4v) is 2.09. The van der Waals surface area contributed by atoms with Crippen LogP contribution in [0.5, 0.6) is 5.75 Å². The van der Waals surface area contributed by atoms with Crippen molar-refractivity contribution in [3.05, 3.63) is 75.5 Å². The maximum Gasteiger partial charge on any atom is 0.258 e. The first-order valence-electron chi connectivity index (χ1n) is 6.84. The number of nitro groups is 1. The van der Waals surface area contributed by atoms with Gasteiger partial charge in [-0.2, -0.15) is 0 Å². The lowest BCUT2D eigenvalue weighted by Crippen LogP contribution is -2.04. The van der Waals surface area contributed by atoms with Crippen LogP contribution in [0.2, 0.25) is 0 Å². The quantitative estimate of drug-likeness (QED) is 0.669. The van der Waals surface area contributed by atoms with Crippen LogP contribution < -0.4 is 10.1 Å². The molecule has 0 bridgehead atoms. The number of aryl methyl sites for hydroxylation is 1. The van der Waals surface area contributed by atoms with E-state index < -0.39 is 4.92 Å². The number of benzene rings is 2. The molecule has 1 N–H and O–H groups in total. The average molecular weight is 298 g/mol. The van der Waals surface area contributed by atoms with Crippen molar-refractivity contribution in [2.75, 3.05) is 12.4 Å². The third kappa shape index (κ3) is 3.63. The fourth-order valence-electron chi connectivity index (χ4n) is 2.09. The molecule has 0 amide bonds. The van der Waals surface area contributed by atoms with Crippen LogP contribution in [-0.4, -0.2) is 12.0 Å². The summed E-state index contributed by atoms with van der Waals surface area (Å²) in [5, 5.41) is 14.1. The molecular weight excluding hydrogens is 280 g/mol. The minimum absolute atomic E-state index is 0.432. The van der Waals surface area contributed by atoms with E-state index in [0.717, 1.165) is 28.6 Å². The second-order valence-corrected chi connectivity index (χ2v) is 4.93. The van der Waals surface area contributed by atoms with Crippen LogP contribution in [0.25, 0.3) is 5.70 Å². The summed E-state index contributed by atoms with van der Waals surface area (Å²) in [6.07, 6.45) is 0.976. The summed E-state index contributed by atoms with van der Waals surface area (Å²) >= 11 is 0. The van der Waals surface area contributed by atoms with E-state index in [1.807, 2.05) is 32.0 Å². The first-order chi connectivity index (χ1) is 10.5. The molecule has 0 saturated heterocycles. The van der Waals surface area contributed by atoms with Crippen molar-refractivity contribution in [3.63, 3.8) is 0 Å². The maximum absolute atomic E-state index is 10.9. The molecule has 0 unspecified atom stereocenters. The molecule has 0 aliphatic heterocycles. The van der Waals surface area contributed by atoms with E-state index in [1.54, 1.807) is 31.4 Å². The van der Waals surface area contributed by atoms with Crippen molar-refractivity contribution in [2.45, 2.75) is 13.8 Å². The van der Waals surface area contributed by atoms with Crippen molar-refractivity contribution in [2.24, 2.45) is 0 Å². The van der Waals surface area contributed by atoms with Crippen molar-refractivity contribution >= 4 is 11.4 Å². The largest absolute Gasteiger partial charge is 0.497 e. The molecule has 5 heteroatoms. The number of ether oxygens (including phenoxy) is 1. The predicted molar refractivity (Wildman–Crippen MR) is 87.5 cm³/mol. The average Bonchev–Trinajstić information content (AvgIpc) is 2.51. The SMILES string of the molecule is COc1ccc(/C(=C\[N+](=O)[O-])Nc2cccc(C)c2C)cc1. The van der Waals surface area contributed by atoms with Gasteiger partial charge in [-0.1, -0.05) is 12.1 Å². The normalized spacial score (nSPS) is 11.1. The Bertz CT molecular complexity index is 706. The van der Waals surface area contributed by atoms with Crippen LogP contribution in [0.15, 0.2) is 48.7 Å². The smallest absolute Gasteiger partial charge is 0.258 e. The van der Waals surface area contributed by atoms with Crippen molar-refractivity contribution in [1.82, 2.24) is 0 Å². The topological polar surface area (TPSA) is 64.4 Å². The lowest BCUT2D eigenvalue weighted by atomic mass is 10.1. The Morgan fingerprint density at radius 2 is 1.86 bits per heavy atom. The molecule has 114 valence electrons. The zero-order chi connectivity index (χ0) is 16.1. The van der Waals surface area contributed by atoms with Gasteiger partial charge in [0.1, 0.15) is 11.4 Å². The number of anilines is 1. The fraction of sp³-hybridized carbons (Fsp3) is 0.176. The van der Waals surface area contributed by atoms with E-state index in [1.165, 1.54) is 0 Å². The zero-order valence-electron chi connectivity index (χ0n) is 12.8. The summed E-state index contributed by atoms with van der Waals surface area (Å²) in [5.74, 6) is 0.705. The summed E-state index contributed by atoms with van der Waals surface area (Å²) in [5.41, 5.74) is 4.19. The number of rotatable bonds is 5. The molecule has 2 rings (SSSR count). The first-order valence-corrected chi connectivity index (χ1v) is 6.84. The number of nitrogens with one attached hydrogen (secondary N) is 1. The Balaban J connectivity index is 2.38. The number of nitrogens with zero attached hydrogens (tertiary/aromatic N) is 1. The van der Waals surface area contributed by atoms with Gasteiger partial charge in [0.25, 0.3) is 6.20 Å². The molecule has 0 aromatic heterocycles. The Labute approximate surface area is 129 Å². The minimum Gasteiger partial charge on any atom is -0.497 e. The highest BCUT2D eigenvalue weighted by atomic mass is 16.6. The highest BCUT2D eigenvalue weighted by molar-refractivity contribution is 5.78. The van der Waals surface area contributed by atoms with E-state index in [0.29, 0.717) is 11.4 Å². The molecular formula is C17H18N2O3. The highest BCUT2D eigenvalue weighted by Crippen LogP contribution is 2.25. The van der Waals surface area contributed by atoms with Gasteiger partial charge in [-0.3, -0.25) is 10.1 Å². The van der Waals surface area contributed by atoms with E-state index >= 15 is 0 Å². The van der Waals surface area contributed by atoms with E-state index in [-0.39, 0.29) is 0 Å². The predicted octanol–water partition coefficient (Wildman–Crippen LogP) is 4.00. The first kappa shape index (κ1) is 15.6. The number of hydrogen-bond donors (Lipinski definition) is 1. The van der Waals surface area contributed by atoms with Crippen LogP contribution in [0, 0.1) is 24.0 Å². The highest BCUT2D eigenvalue weighted by Gasteiger charge is 2.10. The van der Waals surface area contributed by atoms with Crippen LogP contribution in [0.4, 0.5) is 5.69 Å². The molecule has 2 aromatic carbocycles. The van der Waals surface area contributed by atoms with E-state index in [2.05, 4.69) is 5.32 Å². The van der Waals surface area contributed by atoms with Gasteiger partial charge in [0.2, 0.25) is 0 Å². The molecule has 0 atom stereocenters. The van der Waals surface area contributed by atoms with E-state index in [9.17, 15) is 10.1 Å². The molecule has 5 nitrogen and oxygen atoms in total. The molecule has 0 fully saturated rings. The van der Waals surface area contributed by atoms with Crippen LogP contribution in [0.1, 0.15) is 16.7 Å². The molecule has 22 heavy (non-hydrogen) atoms. The number of methoxy groups -OCH3 is 1. The van der Waals surface area contributed by atoms with Crippen LogP contribution >= 0.6 is 0 Å². The van der Waals surface area contributed by atoms with Gasteiger partial charge >= 0.3 is 0 Å². The van der Waals surface area contributed by atoms with Crippen molar-refractivity contribution < 1.29 is 9.66 Å². The Kier molecular flexibility index (Phi) is 4.78. The van der Waals surface area contributed by atoms with Gasteiger partial charge in [-0.05, 0) is 55.3 Å². The second kappa shape index (κ2) is 6.76. The van der Waals surface area contributed by atoms with Crippen molar-refractivity contribution in [1.29, 1.82) is 0 Å². The van der Waals surface area contributed by atoms with Gasteiger partial charge in [-0.25, -0.2) is 0 Å². The maximum atomic E-state index is 10.9. The zero-order valence-corrected chi connectivity index (χ0v) is 12.8. The summed E-state index contributed by atoms with van der Waals surface area (Å²) in [6, 6.07) is 12.9. The van der Waals surface area contributed by atoms with Crippen molar-refractivity contribution in [3.8, 4) is 5.75 Å². The van der Waals surface area contributed by atoms with E-state index in [4.69, 9.17) is 4.74 Å². The van der Waals surface area contributed by atoms with Crippen LogP contribution in [0.3, 0.4) is 0 Å². The van der Waals surface area contributed by atoms with Gasteiger partial charge in [-0.15, -0.1) is 0 Å². The Morgan fingerprint density at radius 1 is 1.18 bits per heavy atom. The third-order valence-corrected chi connectivity index (χ3v) is 3.51. The summed E-state index contributed by atoms with van der Waals surface area (Å²) in [4.78, 5) is 10.5. The van der Waals surface area contributed by atoms with Gasteiger partial charge in [0.05, 0.1) is 12.0 Å².